The topological polar surface area (TPSA) is 46.2 Å². The number of nitrogens with one attached hydrogen (secondary N) is 1. The van der Waals surface area contributed by atoms with E-state index in [1.54, 1.807) is 0 Å². The summed E-state index contributed by atoms with van der Waals surface area (Å²) in [6.45, 7) is 5.38. The van der Waals surface area contributed by atoms with Gasteiger partial charge in [-0.05, 0) is 49.8 Å². The van der Waals surface area contributed by atoms with Gasteiger partial charge in [-0.25, -0.2) is 0 Å². The molecule has 1 heterocycles. The van der Waals surface area contributed by atoms with E-state index < -0.39 is 0 Å². The van der Waals surface area contributed by atoms with E-state index in [0.29, 0.717) is 11.3 Å². The molecule has 1 aliphatic heterocycles. The van der Waals surface area contributed by atoms with Crippen molar-refractivity contribution in [3.05, 3.63) is 40.3 Å². The fourth-order valence-corrected chi connectivity index (χ4v) is 2.99. The van der Waals surface area contributed by atoms with Gasteiger partial charge in [0.1, 0.15) is 0 Å². The van der Waals surface area contributed by atoms with Gasteiger partial charge < -0.3 is 5.32 Å². The Hall–Kier alpha value is -1.55. The minimum atomic E-state index is -0.0829. The molecule has 2 rings (SSSR count). The number of anilines is 1. The highest BCUT2D eigenvalue weighted by Gasteiger charge is 2.22. The zero-order chi connectivity index (χ0) is 14.0. The molecule has 0 saturated heterocycles. The van der Waals surface area contributed by atoms with Crippen molar-refractivity contribution < 1.29 is 9.59 Å². The van der Waals surface area contributed by atoms with E-state index in [4.69, 9.17) is 0 Å². The lowest BCUT2D eigenvalue weighted by Gasteiger charge is -2.15. The molecule has 0 spiro atoms. The molecule has 0 fully saturated rings. The van der Waals surface area contributed by atoms with E-state index in [2.05, 4.69) is 5.32 Å². The lowest BCUT2D eigenvalue weighted by molar-refractivity contribution is -0.115. The molecule has 1 atom stereocenters. The van der Waals surface area contributed by atoms with Gasteiger partial charge in [0.15, 0.2) is 5.78 Å². The van der Waals surface area contributed by atoms with Crippen LogP contribution >= 0.6 is 11.8 Å². The van der Waals surface area contributed by atoms with Crippen molar-refractivity contribution >= 4 is 29.1 Å². The summed E-state index contributed by atoms with van der Waals surface area (Å²) in [5, 5.41) is 4.77. The van der Waals surface area contributed by atoms with E-state index >= 15 is 0 Å². The quantitative estimate of drug-likeness (QED) is 0.859. The third kappa shape index (κ3) is 3.07. The van der Waals surface area contributed by atoms with Crippen LogP contribution in [0.2, 0.25) is 0 Å². The first-order valence-corrected chi connectivity index (χ1v) is 7.17. The average molecular weight is 275 g/mol. The van der Waals surface area contributed by atoms with Gasteiger partial charge in [-0.1, -0.05) is 12.1 Å². The maximum atomic E-state index is 12.1. The van der Waals surface area contributed by atoms with Crippen LogP contribution in [0.15, 0.2) is 23.6 Å². The Morgan fingerprint density at radius 1 is 1.32 bits per heavy atom. The molecule has 1 unspecified atom stereocenters. The van der Waals surface area contributed by atoms with Crippen molar-refractivity contribution in [2.75, 3.05) is 5.32 Å². The van der Waals surface area contributed by atoms with Crippen LogP contribution in [-0.4, -0.2) is 16.9 Å². The van der Waals surface area contributed by atoms with Crippen molar-refractivity contribution in [2.45, 2.75) is 32.4 Å². The van der Waals surface area contributed by atoms with Crippen LogP contribution in [0, 0.1) is 13.8 Å². The number of rotatable bonds is 3. The lowest BCUT2D eigenvalue weighted by Crippen LogP contribution is -2.24. The van der Waals surface area contributed by atoms with Crippen LogP contribution in [0.3, 0.4) is 0 Å². The highest BCUT2D eigenvalue weighted by Crippen LogP contribution is 2.28. The number of thioether (sulfide) groups is 1. The zero-order valence-corrected chi connectivity index (χ0v) is 12.1. The number of aryl methyl sites for hydroxylation is 2. The van der Waals surface area contributed by atoms with Crippen molar-refractivity contribution in [2.24, 2.45) is 0 Å². The van der Waals surface area contributed by atoms with Gasteiger partial charge in [0, 0.05) is 5.56 Å². The predicted octanol–water partition coefficient (Wildman–Crippen LogP) is 3.46. The summed E-state index contributed by atoms with van der Waals surface area (Å²) in [5.74, 6) is -0.0660. The fourth-order valence-electron chi connectivity index (χ4n) is 2.17. The van der Waals surface area contributed by atoms with Crippen molar-refractivity contribution in [3.63, 3.8) is 0 Å². The molecule has 0 radical (unpaired) electrons. The molecular weight excluding hydrogens is 258 g/mol. The number of ketones is 1. The Kier molecular flexibility index (Phi) is 4.10. The summed E-state index contributed by atoms with van der Waals surface area (Å²) >= 11 is 1.52. The van der Waals surface area contributed by atoms with E-state index in [1.165, 1.54) is 18.7 Å². The molecule has 0 aliphatic carbocycles. The summed E-state index contributed by atoms with van der Waals surface area (Å²) < 4.78 is 0. The maximum Gasteiger partial charge on any atom is 0.238 e. The summed E-state index contributed by atoms with van der Waals surface area (Å²) in [5.41, 5.74) is 3.18. The Bertz CT molecular complexity index is 556. The lowest BCUT2D eigenvalue weighted by atomic mass is 10.0. The Morgan fingerprint density at radius 2 is 2.05 bits per heavy atom. The summed E-state index contributed by atoms with van der Waals surface area (Å²) in [6.07, 6.45) is 2.74. The first-order chi connectivity index (χ1) is 8.99. The first kappa shape index (κ1) is 13.9. The number of amides is 1. The largest absolute Gasteiger partial charge is 0.324 e. The second-order valence-corrected chi connectivity index (χ2v) is 5.90. The third-order valence-corrected chi connectivity index (χ3v) is 4.17. The number of Topliss-reactive ketones (excluding diaryl/α,β-unsaturated/α-hetero) is 1. The molecule has 0 saturated carbocycles. The highest BCUT2D eigenvalue weighted by atomic mass is 32.2. The molecule has 100 valence electrons. The van der Waals surface area contributed by atoms with Gasteiger partial charge in [0.2, 0.25) is 5.91 Å². The molecule has 0 bridgehead atoms. The first-order valence-electron chi connectivity index (χ1n) is 6.22. The number of hydrogen-bond donors (Lipinski definition) is 1. The van der Waals surface area contributed by atoms with Gasteiger partial charge >= 0.3 is 0 Å². The number of carbonyl (C=O) groups excluding carboxylic acids is 2. The number of benzene rings is 1. The smallest absolute Gasteiger partial charge is 0.238 e. The molecule has 1 N–H and O–H groups in total. The second kappa shape index (κ2) is 5.61. The minimum Gasteiger partial charge on any atom is -0.324 e. The molecule has 0 aromatic heterocycles. The van der Waals surface area contributed by atoms with Crippen molar-refractivity contribution in [1.29, 1.82) is 0 Å². The Morgan fingerprint density at radius 3 is 2.63 bits per heavy atom. The van der Waals surface area contributed by atoms with Crippen LogP contribution in [0.1, 0.15) is 34.8 Å². The molecule has 1 aromatic rings. The average Bonchev–Trinajstić information content (AvgIpc) is 2.85. The van der Waals surface area contributed by atoms with Gasteiger partial charge in [-0.2, -0.15) is 0 Å². The Labute approximate surface area is 117 Å². The molecule has 19 heavy (non-hydrogen) atoms. The fraction of sp³-hybridized carbons (Fsp3) is 0.333. The van der Waals surface area contributed by atoms with Crippen LogP contribution < -0.4 is 5.32 Å². The van der Waals surface area contributed by atoms with Crippen molar-refractivity contribution in [1.82, 2.24) is 0 Å². The number of hydrogen-bond acceptors (Lipinski definition) is 3. The van der Waals surface area contributed by atoms with E-state index in [0.717, 1.165) is 17.5 Å². The summed E-state index contributed by atoms with van der Waals surface area (Å²) in [6, 6.07) is 3.80. The van der Waals surface area contributed by atoms with Crippen LogP contribution in [-0.2, 0) is 4.79 Å². The standard InChI is InChI=1S/C15H17NO2S/c1-9-7-10(2)14(12(8-9)11(3)17)16-15(18)13-5-4-6-19-13/h4,6-8,13H,5H2,1-3H3,(H,16,18). The van der Waals surface area contributed by atoms with E-state index in [9.17, 15) is 9.59 Å². The minimum absolute atomic E-state index is 0.0284. The van der Waals surface area contributed by atoms with Gasteiger partial charge in [-0.3, -0.25) is 9.59 Å². The molecule has 3 nitrogen and oxygen atoms in total. The van der Waals surface area contributed by atoms with Crippen LogP contribution in [0.5, 0.6) is 0 Å². The highest BCUT2D eigenvalue weighted by molar-refractivity contribution is 8.03. The van der Waals surface area contributed by atoms with Gasteiger partial charge in [-0.15, -0.1) is 11.8 Å². The molecule has 1 aromatic carbocycles. The second-order valence-electron chi connectivity index (χ2n) is 4.78. The third-order valence-electron chi connectivity index (χ3n) is 3.09. The molecule has 4 heteroatoms. The zero-order valence-electron chi connectivity index (χ0n) is 11.3. The summed E-state index contributed by atoms with van der Waals surface area (Å²) in [7, 11) is 0. The van der Waals surface area contributed by atoms with Crippen LogP contribution in [0.25, 0.3) is 0 Å². The van der Waals surface area contributed by atoms with Crippen molar-refractivity contribution in [3.8, 4) is 0 Å². The van der Waals surface area contributed by atoms with E-state index in [-0.39, 0.29) is 16.9 Å². The SMILES string of the molecule is CC(=O)c1cc(C)cc(C)c1NC(=O)C1CC=CS1. The number of allylic oxidation sites excluding steroid dienone is 1. The van der Waals surface area contributed by atoms with E-state index in [1.807, 2.05) is 37.5 Å². The van der Waals surface area contributed by atoms with Gasteiger partial charge in [0.05, 0.1) is 10.9 Å². The predicted molar refractivity (Wildman–Crippen MR) is 79.7 cm³/mol. The maximum absolute atomic E-state index is 12.1. The summed E-state index contributed by atoms with van der Waals surface area (Å²) in [4.78, 5) is 23.8. The Balaban J connectivity index is 2.28. The van der Waals surface area contributed by atoms with Crippen LogP contribution in [0.4, 0.5) is 5.69 Å². The molecular formula is C15H17NO2S. The molecule has 1 aliphatic rings. The molecule has 1 amide bonds. The van der Waals surface area contributed by atoms with Gasteiger partial charge in [0.25, 0.3) is 0 Å². The monoisotopic (exact) mass is 275 g/mol. The normalized spacial score (nSPS) is 17.5. The number of carbonyl (C=O) groups is 2.